The van der Waals surface area contributed by atoms with E-state index in [1.807, 2.05) is 0 Å². The number of esters is 1. The van der Waals surface area contributed by atoms with Gasteiger partial charge in [-0.05, 0) is 25.7 Å². The minimum atomic E-state index is -0.799. The molecule has 0 aromatic heterocycles. The molecule has 0 bridgehead atoms. The fourth-order valence-corrected chi connectivity index (χ4v) is 2.31. The summed E-state index contributed by atoms with van der Waals surface area (Å²) < 4.78 is 4.69. The highest BCUT2D eigenvalue weighted by atomic mass is 16.5. The number of rotatable bonds is 4. The first kappa shape index (κ1) is 12.5. The summed E-state index contributed by atoms with van der Waals surface area (Å²) in [6.07, 6.45) is 8.45. The first-order valence-corrected chi connectivity index (χ1v) is 5.93. The van der Waals surface area contributed by atoms with Crippen molar-refractivity contribution in [2.24, 2.45) is 11.7 Å². The van der Waals surface area contributed by atoms with Crippen LogP contribution >= 0.6 is 0 Å². The molecule has 0 aliphatic heterocycles. The van der Waals surface area contributed by atoms with E-state index in [-0.39, 0.29) is 5.97 Å². The molecule has 88 valence electrons. The first-order valence-electron chi connectivity index (χ1n) is 5.93. The Balaban J connectivity index is 2.31. The molecule has 0 amide bonds. The molecular weight excluding hydrogens is 190 g/mol. The Labute approximate surface area is 92.4 Å². The molecule has 3 heteroatoms. The Bertz CT molecular complexity index is 208. The average molecular weight is 213 g/mol. The third-order valence-electron chi connectivity index (χ3n) is 3.45. The highest BCUT2D eigenvalue weighted by Gasteiger charge is 2.30. The van der Waals surface area contributed by atoms with Gasteiger partial charge in [0.1, 0.15) is 5.54 Å². The Morgan fingerprint density at radius 3 is 2.53 bits per heavy atom. The molecule has 1 aliphatic carbocycles. The van der Waals surface area contributed by atoms with Gasteiger partial charge >= 0.3 is 5.97 Å². The summed E-state index contributed by atoms with van der Waals surface area (Å²) in [5.41, 5.74) is 5.11. The van der Waals surface area contributed by atoms with Crippen LogP contribution < -0.4 is 5.73 Å². The van der Waals surface area contributed by atoms with Gasteiger partial charge in [-0.3, -0.25) is 4.79 Å². The lowest BCUT2D eigenvalue weighted by atomic mass is 9.83. The molecule has 1 saturated carbocycles. The van der Waals surface area contributed by atoms with Crippen molar-refractivity contribution in [1.82, 2.24) is 0 Å². The van der Waals surface area contributed by atoms with Crippen LogP contribution in [0.4, 0.5) is 0 Å². The summed E-state index contributed by atoms with van der Waals surface area (Å²) in [6.45, 7) is 1.77. The SMILES string of the molecule is COC(=O)C(C)(N)CCC1CCCCC1. The van der Waals surface area contributed by atoms with Gasteiger partial charge in [-0.25, -0.2) is 0 Å². The number of ether oxygens (including phenoxy) is 1. The molecule has 3 nitrogen and oxygen atoms in total. The lowest BCUT2D eigenvalue weighted by Gasteiger charge is -2.26. The molecule has 1 rings (SSSR count). The van der Waals surface area contributed by atoms with Crippen molar-refractivity contribution in [2.75, 3.05) is 7.11 Å². The average Bonchev–Trinajstić information content (AvgIpc) is 2.27. The van der Waals surface area contributed by atoms with Crippen molar-refractivity contribution < 1.29 is 9.53 Å². The monoisotopic (exact) mass is 213 g/mol. The van der Waals surface area contributed by atoms with Gasteiger partial charge in [-0.15, -0.1) is 0 Å². The van der Waals surface area contributed by atoms with Gasteiger partial charge in [0.25, 0.3) is 0 Å². The van der Waals surface area contributed by atoms with Crippen LogP contribution in [0.25, 0.3) is 0 Å². The number of carbonyl (C=O) groups is 1. The quantitative estimate of drug-likeness (QED) is 0.729. The lowest BCUT2D eigenvalue weighted by Crippen LogP contribution is -2.46. The maximum Gasteiger partial charge on any atom is 0.325 e. The van der Waals surface area contributed by atoms with Crippen LogP contribution in [0.1, 0.15) is 51.9 Å². The van der Waals surface area contributed by atoms with Crippen molar-refractivity contribution in [3.8, 4) is 0 Å². The molecule has 1 fully saturated rings. The van der Waals surface area contributed by atoms with Crippen molar-refractivity contribution in [3.63, 3.8) is 0 Å². The summed E-state index contributed by atoms with van der Waals surface area (Å²) in [5.74, 6) is 0.476. The highest BCUT2D eigenvalue weighted by Crippen LogP contribution is 2.29. The second kappa shape index (κ2) is 5.50. The minimum Gasteiger partial charge on any atom is -0.468 e. The molecular formula is C12H23NO2. The first-order chi connectivity index (χ1) is 7.06. The molecule has 15 heavy (non-hydrogen) atoms. The Kier molecular flexibility index (Phi) is 4.58. The molecule has 2 N–H and O–H groups in total. The van der Waals surface area contributed by atoms with Gasteiger partial charge in [-0.1, -0.05) is 32.1 Å². The van der Waals surface area contributed by atoms with Crippen LogP contribution in [0.15, 0.2) is 0 Å². The zero-order chi connectivity index (χ0) is 11.3. The number of methoxy groups -OCH3 is 1. The highest BCUT2D eigenvalue weighted by molar-refractivity contribution is 5.79. The van der Waals surface area contributed by atoms with Gasteiger partial charge < -0.3 is 10.5 Å². The maximum absolute atomic E-state index is 11.4. The van der Waals surface area contributed by atoms with E-state index in [0.29, 0.717) is 0 Å². The van der Waals surface area contributed by atoms with Crippen LogP contribution in [0.2, 0.25) is 0 Å². The van der Waals surface area contributed by atoms with E-state index >= 15 is 0 Å². The van der Waals surface area contributed by atoms with Gasteiger partial charge in [-0.2, -0.15) is 0 Å². The number of nitrogens with two attached hydrogens (primary N) is 1. The zero-order valence-electron chi connectivity index (χ0n) is 9.92. The summed E-state index contributed by atoms with van der Waals surface area (Å²) in [6, 6.07) is 0. The Morgan fingerprint density at radius 1 is 1.40 bits per heavy atom. The molecule has 1 unspecified atom stereocenters. The largest absolute Gasteiger partial charge is 0.468 e. The van der Waals surface area contributed by atoms with E-state index in [1.165, 1.54) is 39.2 Å². The fourth-order valence-electron chi connectivity index (χ4n) is 2.31. The topological polar surface area (TPSA) is 52.3 Å². The van der Waals surface area contributed by atoms with Crippen molar-refractivity contribution in [1.29, 1.82) is 0 Å². The van der Waals surface area contributed by atoms with E-state index in [2.05, 4.69) is 0 Å². The van der Waals surface area contributed by atoms with E-state index in [1.54, 1.807) is 6.92 Å². The second-order valence-electron chi connectivity index (χ2n) is 4.95. The van der Waals surface area contributed by atoms with Gasteiger partial charge in [0.15, 0.2) is 0 Å². The normalized spacial score (nSPS) is 22.1. The molecule has 1 aliphatic rings. The third-order valence-corrected chi connectivity index (χ3v) is 3.45. The minimum absolute atomic E-state index is 0.293. The summed E-state index contributed by atoms with van der Waals surface area (Å²) in [7, 11) is 1.40. The Morgan fingerprint density at radius 2 is 2.00 bits per heavy atom. The standard InChI is InChI=1S/C12H23NO2/c1-12(13,11(14)15-2)9-8-10-6-4-3-5-7-10/h10H,3-9,13H2,1-2H3. The third kappa shape index (κ3) is 3.82. The molecule has 1 atom stereocenters. The summed E-state index contributed by atoms with van der Waals surface area (Å²) in [4.78, 5) is 11.4. The second-order valence-corrected chi connectivity index (χ2v) is 4.95. The summed E-state index contributed by atoms with van der Waals surface area (Å²) in [5, 5.41) is 0. The van der Waals surface area contributed by atoms with E-state index < -0.39 is 5.54 Å². The van der Waals surface area contributed by atoms with Crippen molar-refractivity contribution in [3.05, 3.63) is 0 Å². The molecule has 0 heterocycles. The Hall–Kier alpha value is -0.570. The van der Waals surface area contributed by atoms with Gasteiger partial charge in [0, 0.05) is 0 Å². The number of hydrogen-bond acceptors (Lipinski definition) is 3. The van der Waals surface area contributed by atoms with Crippen LogP contribution in [-0.4, -0.2) is 18.6 Å². The maximum atomic E-state index is 11.4. The molecule has 0 saturated heterocycles. The van der Waals surface area contributed by atoms with Crippen molar-refractivity contribution in [2.45, 2.75) is 57.4 Å². The van der Waals surface area contributed by atoms with E-state index in [0.717, 1.165) is 18.8 Å². The fraction of sp³-hybridized carbons (Fsp3) is 0.917. The van der Waals surface area contributed by atoms with Gasteiger partial charge in [0.2, 0.25) is 0 Å². The molecule has 0 aromatic carbocycles. The summed E-state index contributed by atoms with van der Waals surface area (Å²) >= 11 is 0. The molecule has 0 spiro atoms. The molecule has 0 radical (unpaired) electrons. The predicted molar refractivity (Wildman–Crippen MR) is 60.4 cm³/mol. The van der Waals surface area contributed by atoms with E-state index in [9.17, 15) is 4.79 Å². The van der Waals surface area contributed by atoms with Crippen molar-refractivity contribution >= 4 is 5.97 Å². The smallest absolute Gasteiger partial charge is 0.325 e. The number of hydrogen-bond donors (Lipinski definition) is 1. The lowest BCUT2D eigenvalue weighted by molar-refractivity contribution is -0.146. The van der Waals surface area contributed by atoms with Gasteiger partial charge in [0.05, 0.1) is 7.11 Å². The number of carbonyl (C=O) groups excluding carboxylic acids is 1. The van der Waals surface area contributed by atoms with Crippen LogP contribution in [-0.2, 0) is 9.53 Å². The molecule has 0 aromatic rings. The van der Waals surface area contributed by atoms with Crippen LogP contribution in [0.3, 0.4) is 0 Å². The van der Waals surface area contributed by atoms with E-state index in [4.69, 9.17) is 10.5 Å². The zero-order valence-corrected chi connectivity index (χ0v) is 9.92. The van der Waals surface area contributed by atoms with Crippen LogP contribution in [0.5, 0.6) is 0 Å². The van der Waals surface area contributed by atoms with Crippen LogP contribution in [0, 0.1) is 5.92 Å². The predicted octanol–water partition coefficient (Wildman–Crippen LogP) is 2.24.